The van der Waals surface area contributed by atoms with Crippen LogP contribution in [0.2, 0.25) is 10.0 Å². The molecule has 1 aliphatic rings. The molecule has 0 saturated carbocycles. The zero-order chi connectivity index (χ0) is 11.9. The molecule has 0 bridgehead atoms. The van der Waals surface area contributed by atoms with E-state index in [2.05, 4.69) is 15.9 Å². The predicted octanol–water partition coefficient (Wildman–Crippen LogP) is 3.80. The van der Waals surface area contributed by atoms with Gasteiger partial charge in [-0.2, -0.15) is 0 Å². The summed E-state index contributed by atoms with van der Waals surface area (Å²) in [6, 6.07) is 3.54. The van der Waals surface area contributed by atoms with Crippen LogP contribution in [-0.4, -0.2) is 17.3 Å². The highest BCUT2D eigenvalue weighted by atomic mass is 79.9. The largest absolute Gasteiger partial charge is 0.310 e. The second-order valence-corrected chi connectivity index (χ2v) is 5.72. The molecule has 1 heterocycles. The summed E-state index contributed by atoms with van der Waals surface area (Å²) in [7, 11) is 0. The topological polar surface area (TPSA) is 20.3 Å². The van der Waals surface area contributed by atoms with Gasteiger partial charge in [0, 0.05) is 11.6 Å². The van der Waals surface area contributed by atoms with Gasteiger partial charge < -0.3 is 4.90 Å². The van der Waals surface area contributed by atoms with Crippen LogP contribution < -0.4 is 4.90 Å². The minimum absolute atomic E-state index is 0.0434. The van der Waals surface area contributed by atoms with Gasteiger partial charge in [-0.15, -0.1) is 0 Å². The monoisotopic (exact) mass is 321 g/mol. The van der Waals surface area contributed by atoms with Crippen molar-refractivity contribution in [1.82, 2.24) is 0 Å². The van der Waals surface area contributed by atoms with Crippen molar-refractivity contribution in [3.63, 3.8) is 0 Å². The lowest BCUT2D eigenvalue weighted by Gasteiger charge is -2.18. The summed E-state index contributed by atoms with van der Waals surface area (Å²) in [5, 5.41) is 1.20. The second kappa shape index (κ2) is 4.55. The molecule has 0 N–H and O–H groups in total. The molecular formula is C11H10BrCl2NO. The molecule has 1 aliphatic heterocycles. The van der Waals surface area contributed by atoms with Crippen molar-refractivity contribution >= 4 is 50.7 Å². The first kappa shape index (κ1) is 12.2. The summed E-state index contributed by atoms with van der Waals surface area (Å²) in [4.78, 5) is 13.4. The lowest BCUT2D eigenvalue weighted by atomic mass is 10.2. The normalized spacial score (nSPS) is 20.6. The van der Waals surface area contributed by atoms with Crippen LogP contribution in [0.4, 0.5) is 5.69 Å². The highest BCUT2D eigenvalue weighted by Crippen LogP contribution is 2.35. The molecule has 1 fully saturated rings. The first-order valence-corrected chi connectivity index (χ1v) is 6.59. The molecule has 2 rings (SSSR count). The Balaban J connectivity index is 2.41. The molecule has 86 valence electrons. The third-order valence-corrected chi connectivity index (χ3v) is 4.22. The molecule has 0 spiro atoms. The maximum Gasteiger partial charge on any atom is 0.240 e. The number of hydrogen-bond donors (Lipinski definition) is 0. The Labute approximate surface area is 113 Å². The van der Waals surface area contributed by atoms with Crippen LogP contribution in [-0.2, 0) is 4.79 Å². The quantitative estimate of drug-likeness (QED) is 0.720. The van der Waals surface area contributed by atoms with Crippen LogP contribution in [0.25, 0.3) is 0 Å². The minimum Gasteiger partial charge on any atom is -0.310 e. The number of benzene rings is 1. The summed E-state index contributed by atoms with van der Waals surface area (Å²) in [6.07, 6.45) is 0.792. The Hall–Kier alpha value is -0.250. The Bertz CT molecular complexity index is 450. The molecule has 0 aromatic heterocycles. The van der Waals surface area contributed by atoms with Gasteiger partial charge in [-0.05, 0) is 31.0 Å². The van der Waals surface area contributed by atoms with Crippen molar-refractivity contribution in [1.29, 1.82) is 0 Å². The molecule has 1 aromatic carbocycles. The van der Waals surface area contributed by atoms with Crippen molar-refractivity contribution in [2.24, 2.45) is 0 Å². The number of anilines is 1. The first-order valence-electron chi connectivity index (χ1n) is 4.92. The van der Waals surface area contributed by atoms with E-state index in [0.717, 1.165) is 12.0 Å². The number of aryl methyl sites for hydroxylation is 1. The molecule has 1 saturated heterocycles. The van der Waals surface area contributed by atoms with E-state index in [0.29, 0.717) is 22.3 Å². The zero-order valence-electron chi connectivity index (χ0n) is 8.64. The number of hydrogen-bond acceptors (Lipinski definition) is 1. The Morgan fingerprint density at radius 3 is 2.62 bits per heavy atom. The van der Waals surface area contributed by atoms with Crippen LogP contribution in [0.1, 0.15) is 12.0 Å². The zero-order valence-corrected chi connectivity index (χ0v) is 11.7. The molecular weight excluding hydrogens is 313 g/mol. The fourth-order valence-corrected chi connectivity index (χ4v) is 2.66. The van der Waals surface area contributed by atoms with E-state index < -0.39 is 0 Å². The lowest BCUT2D eigenvalue weighted by Crippen LogP contribution is -2.27. The van der Waals surface area contributed by atoms with Gasteiger partial charge >= 0.3 is 0 Å². The fraction of sp³-hybridized carbons (Fsp3) is 0.364. The molecule has 1 unspecified atom stereocenters. The molecule has 0 radical (unpaired) electrons. The van der Waals surface area contributed by atoms with Crippen LogP contribution in [0.3, 0.4) is 0 Å². The number of amides is 1. The van der Waals surface area contributed by atoms with Gasteiger partial charge in [0.1, 0.15) is 0 Å². The van der Waals surface area contributed by atoms with E-state index in [1.165, 1.54) is 0 Å². The Morgan fingerprint density at radius 2 is 2.06 bits per heavy atom. The van der Waals surface area contributed by atoms with E-state index >= 15 is 0 Å². The summed E-state index contributed by atoms with van der Waals surface area (Å²) >= 11 is 15.5. The van der Waals surface area contributed by atoms with E-state index in [1.54, 1.807) is 17.0 Å². The Kier molecular flexibility index (Phi) is 3.48. The maximum atomic E-state index is 11.8. The molecule has 1 atom stereocenters. The third-order valence-electron chi connectivity index (χ3n) is 2.66. The second-order valence-electron chi connectivity index (χ2n) is 3.80. The van der Waals surface area contributed by atoms with Crippen molar-refractivity contribution in [3.8, 4) is 0 Å². The van der Waals surface area contributed by atoms with Crippen molar-refractivity contribution in [2.75, 3.05) is 11.4 Å². The highest BCUT2D eigenvalue weighted by molar-refractivity contribution is 9.10. The van der Waals surface area contributed by atoms with Crippen molar-refractivity contribution in [3.05, 3.63) is 27.7 Å². The highest BCUT2D eigenvalue weighted by Gasteiger charge is 2.31. The fourth-order valence-electron chi connectivity index (χ4n) is 1.73. The molecule has 1 amide bonds. The van der Waals surface area contributed by atoms with Gasteiger partial charge in [0.05, 0.1) is 15.5 Å². The first-order chi connectivity index (χ1) is 7.50. The predicted molar refractivity (Wildman–Crippen MR) is 70.9 cm³/mol. The van der Waals surface area contributed by atoms with Gasteiger partial charge in [-0.25, -0.2) is 0 Å². The molecule has 5 heteroatoms. The average molecular weight is 323 g/mol. The smallest absolute Gasteiger partial charge is 0.240 e. The van der Waals surface area contributed by atoms with Crippen molar-refractivity contribution in [2.45, 2.75) is 18.2 Å². The standard InChI is InChI=1S/C11H10BrCl2NO/c1-6-4-9(14)10(5-8(6)13)15-3-2-7(12)11(15)16/h4-5,7H,2-3H2,1H3. The number of halogens is 3. The van der Waals surface area contributed by atoms with Gasteiger partial charge in [-0.1, -0.05) is 39.1 Å². The van der Waals surface area contributed by atoms with Crippen LogP contribution >= 0.6 is 39.1 Å². The van der Waals surface area contributed by atoms with E-state index in [1.807, 2.05) is 6.92 Å². The van der Waals surface area contributed by atoms with Gasteiger partial charge in [-0.3, -0.25) is 4.79 Å². The van der Waals surface area contributed by atoms with E-state index in [4.69, 9.17) is 23.2 Å². The number of nitrogens with zero attached hydrogens (tertiary/aromatic N) is 1. The van der Waals surface area contributed by atoms with Gasteiger partial charge in [0.15, 0.2) is 0 Å². The maximum absolute atomic E-state index is 11.8. The SMILES string of the molecule is Cc1cc(Cl)c(N2CCC(Br)C2=O)cc1Cl. The van der Waals surface area contributed by atoms with E-state index in [-0.39, 0.29) is 10.7 Å². The third kappa shape index (κ3) is 2.08. The number of rotatable bonds is 1. The minimum atomic E-state index is -0.108. The van der Waals surface area contributed by atoms with Crippen molar-refractivity contribution < 1.29 is 4.79 Å². The van der Waals surface area contributed by atoms with Crippen LogP contribution in [0, 0.1) is 6.92 Å². The summed E-state index contributed by atoms with van der Waals surface area (Å²) < 4.78 is 0. The molecule has 2 nitrogen and oxygen atoms in total. The van der Waals surface area contributed by atoms with E-state index in [9.17, 15) is 4.79 Å². The number of alkyl halides is 1. The molecule has 0 aliphatic carbocycles. The molecule has 1 aromatic rings. The van der Waals surface area contributed by atoms with Gasteiger partial charge in [0.25, 0.3) is 0 Å². The Morgan fingerprint density at radius 1 is 1.38 bits per heavy atom. The number of carbonyl (C=O) groups is 1. The molecule has 16 heavy (non-hydrogen) atoms. The summed E-state index contributed by atoms with van der Waals surface area (Å²) in [6.45, 7) is 2.56. The summed E-state index contributed by atoms with van der Waals surface area (Å²) in [5.41, 5.74) is 1.61. The lowest BCUT2D eigenvalue weighted by molar-refractivity contribution is -0.116. The van der Waals surface area contributed by atoms with Gasteiger partial charge in [0.2, 0.25) is 5.91 Å². The average Bonchev–Trinajstić information content (AvgIpc) is 2.54. The van der Waals surface area contributed by atoms with Crippen LogP contribution in [0.15, 0.2) is 12.1 Å². The number of carbonyl (C=O) groups excluding carboxylic acids is 1. The van der Waals surface area contributed by atoms with Crippen LogP contribution in [0.5, 0.6) is 0 Å². The summed E-state index contributed by atoms with van der Waals surface area (Å²) in [5.74, 6) is 0.0434.